The molecule has 5 nitrogen and oxygen atoms in total. The van der Waals surface area contributed by atoms with Gasteiger partial charge >= 0.3 is 5.97 Å². The summed E-state index contributed by atoms with van der Waals surface area (Å²) in [7, 11) is 0. The first-order chi connectivity index (χ1) is 8.66. The van der Waals surface area contributed by atoms with Gasteiger partial charge in [0.1, 0.15) is 5.82 Å². The Morgan fingerprint density at radius 3 is 3.17 bits per heavy atom. The number of aliphatic carboxylic acids is 1. The molecule has 18 heavy (non-hydrogen) atoms. The van der Waals surface area contributed by atoms with E-state index in [0.29, 0.717) is 19.5 Å². The standard InChI is InChI=1S/C13H19N3O2/c1-2-4-13(12(17)18)5-3-8-16(10-13)9-11-14-6-7-15-11/h2,6-7H,1,3-5,8-10H2,(H,14,15)(H,17,18)/t13-/m1/s1. The predicted octanol–water partition coefficient (Wildman–Crippen LogP) is 1.65. The third-order valence-corrected chi connectivity index (χ3v) is 3.57. The molecule has 0 unspecified atom stereocenters. The minimum atomic E-state index is -0.716. The van der Waals surface area contributed by atoms with Gasteiger partial charge in [0, 0.05) is 18.9 Å². The number of aromatic amines is 1. The number of nitrogens with zero attached hydrogens (tertiary/aromatic N) is 2. The number of hydrogen-bond donors (Lipinski definition) is 2. The number of hydrogen-bond acceptors (Lipinski definition) is 3. The molecule has 0 saturated carbocycles. The van der Waals surface area contributed by atoms with Crippen LogP contribution in [0.25, 0.3) is 0 Å². The van der Waals surface area contributed by atoms with Crippen molar-refractivity contribution in [1.82, 2.24) is 14.9 Å². The van der Waals surface area contributed by atoms with E-state index in [-0.39, 0.29) is 0 Å². The van der Waals surface area contributed by atoms with Crippen molar-refractivity contribution in [2.75, 3.05) is 13.1 Å². The van der Waals surface area contributed by atoms with Gasteiger partial charge in [0.15, 0.2) is 0 Å². The molecular formula is C13H19N3O2. The zero-order valence-electron chi connectivity index (χ0n) is 10.4. The number of allylic oxidation sites excluding steroid dienone is 1. The Kier molecular flexibility index (Phi) is 3.81. The highest BCUT2D eigenvalue weighted by Gasteiger charge is 2.41. The summed E-state index contributed by atoms with van der Waals surface area (Å²) in [6, 6.07) is 0. The molecule has 1 saturated heterocycles. The van der Waals surface area contributed by atoms with E-state index in [2.05, 4.69) is 21.4 Å². The first-order valence-corrected chi connectivity index (χ1v) is 6.21. The Bertz CT molecular complexity index is 416. The van der Waals surface area contributed by atoms with Crippen LogP contribution in [0.15, 0.2) is 25.0 Å². The number of rotatable bonds is 5. The number of H-pyrrole nitrogens is 1. The van der Waals surface area contributed by atoms with Gasteiger partial charge in [-0.1, -0.05) is 6.08 Å². The minimum absolute atomic E-state index is 0.525. The van der Waals surface area contributed by atoms with Crippen molar-refractivity contribution in [3.63, 3.8) is 0 Å². The summed E-state index contributed by atoms with van der Waals surface area (Å²) in [6.07, 6.45) is 7.37. The van der Waals surface area contributed by atoms with E-state index < -0.39 is 11.4 Å². The number of imidazole rings is 1. The highest BCUT2D eigenvalue weighted by Crippen LogP contribution is 2.34. The van der Waals surface area contributed by atoms with Gasteiger partial charge in [0.2, 0.25) is 0 Å². The maximum absolute atomic E-state index is 11.5. The Balaban J connectivity index is 2.06. The number of likely N-dealkylation sites (tertiary alicyclic amines) is 1. The molecule has 0 radical (unpaired) electrons. The molecule has 1 atom stereocenters. The molecule has 2 heterocycles. The van der Waals surface area contributed by atoms with Crippen LogP contribution in [0.2, 0.25) is 0 Å². The van der Waals surface area contributed by atoms with Crippen LogP contribution in [-0.4, -0.2) is 39.0 Å². The van der Waals surface area contributed by atoms with Crippen LogP contribution in [-0.2, 0) is 11.3 Å². The van der Waals surface area contributed by atoms with E-state index in [1.54, 1.807) is 18.5 Å². The molecule has 0 aromatic carbocycles. The summed E-state index contributed by atoms with van der Waals surface area (Å²) in [5, 5.41) is 9.47. The van der Waals surface area contributed by atoms with Gasteiger partial charge in [0.05, 0.1) is 12.0 Å². The normalized spacial score (nSPS) is 24.9. The molecule has 1 aliphatic rings. The molecule has 2 N–H and O–H groups in total. The molecule has 1 aliphatic heterocycles. The van der Waals surface area contributed by atoms with E-state index in [1.807, 2.05) is 0 Å². The van der Waals surface area contributed by atoms with E-state index in [9.17, 15) is 9.90 Å². The van der Waals surface area contributed by atoms with Gasteiger partial charge in [-0.15, -0.1) is 6.58 Å². The third kappa shape index (κ3) is 2.61. The molecule has 0 amide bonds. The fourth-order valence-corrected chi connectivity index (χ4v) is 2.66. The van der Waals surface area contributed by atoms with Crippen LogP contribution in [0.3, 0.4) is 0 Å². The number of carboxylic acids is 1. The lowest BCUT2D eigenvalue weighted by Gasteiger charge is -2.39. The summed E-state index contributed by atoms with van der Waals surface area (Å²) in [4.78, 5) is 20.9. The van der Waals surface area contributed by atoms with Crippen molar-refractivity contribution >= 4 is 5.97 Å². The lowest BCUT2D eigenvalue weighted by Crippen LogP contribution is -2.47. The largest absolute Gasteiger partial charge is 0.481 e. The van der Waals surface area contributed by atoms with Crippen molar-refractivity contribution < 1.29 is 9.90 Å². The quantitative estimate of drug-likeness (QED) is 0.779. The van der Waals surface area contributed by atoms with Crippen LogP contribution in [0.5, 0.6) is 0 Å². The van der Waals surface area contributed by atoms with Crippen LogP contribution in [0, 0.1) is 5.41 Å². The van der Waals surface area contributed by atoms with Crippen molar-refractivity contribution in [2.24, 2.45) is 5.41 Å². The molecule has 0 spiro atoms. The Morgan fingerprint density at radius 2 is 2.56 bits per heavy atom. The van der Waals surface area contributed by atoms with Gasteiger partial charge < -0.3 is 10.1 Å². The SMILES string of the molecule is C=CC[C@@]1(C(=O)O)CCCN(Cc2ncc[nH]2)C1. The summed E-state index contributed by atoms with van der Waals surface area (Å²) in [6.45, 7) is 5.85. The summed E-state index contributed by atoms with van der Waals surface area (Å²) < 4.78 is 0. The fourth-order valence-electron chi connectivity index (χ4n) is 2.66. The molecule has 1 fully saturated rings. The van der Waals surface area contributed by atoms with Gasteiger partial charge in [-0.25, -0.2) is 4.98 Å². The Hall–Kier alpha value is -1.62. The number of aromatic nitrogens is 2. The van der Waals surface area contributed by atoms with Crippen molar-refractivity contribution in [3.8, 4) is 0 Å². The van der Waals surface area contributed by atoms with Gasteiger partial charge in [0.25, 0.3) is 0 Å². The number of nitrogens with one attached hydrogen (secondary N) is 1. The van der Waals surface area contributed by atoms with Gasteiger partial charge in [-0.3, -0.25) is 9.69 Å². The second-order valence-corrected chi connectivity index (χ2v) is 4.93. The number of carboxylic acid groups (broad SMARTS) is 1. The number of carbonyl (C=O) groups is 1. The van der Waals surface area contributed by atoms with Crippen LogP contribution in [0.1, 0.15) is 25.1 Å². The zero-order valence-corrected chi connectivity index (χ0v) is 10.4. The second kappa shape index (κ2) is 5.35. The van der Waals surface area contributed by atoms with Crippen molar-refractivity contribution in [2.45, 2.75) is 25.8 Å². The van der Waals surface area contributed by atoms with E-state index in [4.69, 9.17) is 0 Å². The first kappa shape index (κ1) is 12.8. The van der Waals surface area contributed by atoms with E-state index in [0.717, 1.165) is 25.2 Å². The smallest absolute Gasteiger partial charge is 0.311 e. The van der Waals surface area contributed by atoms with E-state index in [1.165, 1.54) is 0 Å². The highest BCUT2D eigenvalue weighted by molar-refractivity contribution is 5.75. The van der Waals surface area contributed by atoms with E-state index >= 15 is 0 Å². The lowest BCUT2D eigenvalue weighted by atomic mass is 9.77. The first-order valence-electron chi connectivity index (χ1n) is 6.21. The molecular weight excluding hydrogens is 230 g/mol. The highest BCUT2D eigenvalue weighted by atomic mass is 16.4. The third-order valence-electron chi connectivity index (χ3n) is 3.57. The molecule has 0 bridgehead atoms. The summed E-state index contributed by atoms with van der Waals surface area (Å²) in [5.41, 5.74) is -0.674. The van der Waals surface area contributed by atoms with Crippen LogP contribution >= 0.6 is 0 Å². The van der Waals surface area contributed by atoms with Gasteiger partial charge in [-0.2, -0.15) is 0 Å². The lowest BCUT2D eigenvalue weighted by molar-refractivity contribution is -0.152. The molecule has 5 heteroatoms. The van der Waals surface area contributed by atoms with Crippen LogP contribution in [0.4, 0.5) is 0 Å². The minimum Gasteiger partial charge on any atom is -0.481 e. The monoisotopic (exact) mass is 249 g/mol. The maximum Gasteiger partial charge on any atom is 0.311 e. The zero-order chi connectivity index (χ0) is 13.0. The Labute approximate surface area is 107 Å². The Morgan fingerprint density at radius 1 is 1.72 bits per heavy atom. The molecule has 0 aliphatic carbocycles. The second-order valence-electron chi connectivity index (χ2n) is 4.93. The van der Waals surface area contributed by atoms with Gasteiger partial charge in [-0.05, 0) is 25.8 Å². The topological polar surface area (TPSA) is 69.2 Å². The maximum atomic E-state index is 11.5. The average molecular weight is 249 g/mol. The summed E-state index contributed by atoms with van der Waals surface area (Å²) >= 11 is 0. The van der Waals surface area contributed by atoms with Crippen molar-refractivity contribution in [3.05, 3.63) is 30.9 Å². The molecule has 2 rings (SSSR count). The predicted molar refractivity (Wildman–Crippen MR) is 68.0 cm³/mol. The molecule has 1 aromatic heterocycles. The number of piperidine rings is 1. The average Bonchev–Trinajstić information content (AvgIpc) is 2.82. The van der Waals surface area contributed by atoms with Crippen LogP contribution < -0.4 is 0 Å². The summed E-state index contributed by atoms with van der Waals surface area (Å²) in [5.74, 6) is 0.168. The molecule has 1 aromatic rings. The fraction of sp³-hybridized carbons (Fsp3) is 0.538. The van der Waals surface area contributed by atoms with Crippen molar-refractivity contribution in [1.29, 1.82) is 0 Å². The molecule has 98 valence electrons.